The summed E-state index contributed by atoms with van der Waals surface area (Å²) in [7, 11) is 1.74. The summed E-state index contributed by atoms with van der Waals surface area (Å²) in [6.07, 6.45) is 0. The van der Waals surface area contributed by atoms with Gasteiger partial charge in [0.05, 0.1) is 16.1 Å². The van der Waals surface area contributed by atoms with E-state index in [4.69, 9.17) is 4.98 Å². The molecule has 0 aliphatic heterocycles. The number of hydrogen-bond donors (Lipinski definition) is 0. The van der Waals surface area contributed by atoms with Gasteiger partial charge in [0.2, 0.25) is 5.43 Å². The summed E-state index contributed by atoms with van der Waals surface area (Å²) in [6.45, 7) is 0. The van der Waals surface area contributed by atoms with Gasteiger partial charge in [0, 0.05) is 30.1 Å². The molecule has 2 aromatic heterocycles. The largest absolute Gasteiger partial charge is 0.328 e. The topological polar surface area (TPSA) is 100 Å². The van der Waals surface area contributed by atoms with Crippen LogP contribution in [0, 0.1) is 10.1 Å². The third-order valence-electron chi connectivity index (χ3n) is 5.45. The van der Waals surface area contributed by atoms with Gasteiger partial charge >= 0.3 is 0 Å². The van der Waals surface area contributed by atoms with Crippen molar-refractivity contribution < 1.29 is 4.92 Å². The lowest BCUT2D eigenvalue weighted by molar-refractivity contribution is -0.384. The number of nitrogens with zero attached hydrogens (tertiary/aromatic N) is 4. The van der Waals surface area contributed by atoms with Crippen LogP contribution in [0.15, 0.2) is 88.5 Å². The number of hydrogen-bond acceptors (Lipinski definition) is 5. The molecule has 156 valence electrons. The van der Waals surface area contributed by atoms with Crippen LogP contribution in [0.2, 0.25) is 0 Å². The standard InChI is InChI=1S/C24H16N4O4/c1-26-19-13-6-5-12-18(19)21(29)20-23(26)25-22(15-8-7-11-17(14-15)28(31)32)27(24(20)30)16-9-3-2-4-10-16/h2-14H,1H3. The smallest absolute Gasteiger partial charge is 0.271 e. The molecule has 0 aliphatic rings. The van der Waals surface area contributed by atoms with Crippen LogP contribution in [0.5, 0.6) is 0 Å². The number of aromatic nitrogens is 3. The Morgan fingerprint density at radius 2 is 1.62 bits per heavy atom. The van der Waals surface area contributed by atoms with E-state index >= 15 is 0 Å². The van der Waals surface area contributed by atoms with Crippen LogP contribution in [0.1, 0.15) is 0 Å². The van der Waals surface area contributed by atoms with Crippen molar-refractivity contribution in [3.63, 3.8) is 0 Å². The summed E-state index contributed by atoms with van der Waals surface area (Å²) in [6, 6.07) is 21.7. The Morgan fingerprint density at radius 3 is 2.38 bits per heavy atom. The number of fused-ring (bicyclic) bond motifs is 2. The van der Waals surface area contributed by atoms with E-state index in [1.807, 2.05) is 6.07 Å². The van der Waals surface area contributed by atoms with Gasteiger partial charge in [-0.25, -0.2) is 4.98 Å². The molecule has 0 bridgehead atoms. The molecular formula is C24H16N4O4. The molecule has 0 aliphatic carbocycles. The van der Waals surface area contributed by atoms with Crippen LogP contribution >= 0.6 is 0 Å². The third-order valence-corrected chi connectivity index (χ3v) is 5.45. The molecule has 32 heavy (non-hydrogen) atoms. The number of non-ortho nitro benzene ring substituents is 1. The van der Waals surface area contributed by atoms with Gasteiger partial charge in [0.25, 0.3) is 11.2 Å². The zero-order chi connectivity index (χ0) is 22.4. The minimum atomic E-state index is -0.533. The van der Waals surface area contributed by atoms with Crippen molar-refractivity contribution in [2.45, 2.75) is 0 Å². The predicted octanol–water partition coefficient (Wildman–Crippen LogP) is 3.81. The van der Waals surface area contributed by atoms with Crippen molar-refractivity contribution in [3.8, 4) is 17.1 Å². The number of rotatable bonds is 3. The lowest BCUT2D eigenvalue weighted by Crippen LogP contribution is -2.28. The molecule has 5 rings (SSSR count). The van der Waals surface area contributed by atoms with Gasteiger partial charge in [0.1, 0.15) is 11.2 Å². The maximum atomic E-state index is 13.7. The number of benzene rings is 3. The highest BCUT2D eigenvalue weighted by atomic mass is 16.6. The lowest BCUT2D eigenvalue weighted by atomic mass is 10.1. The Morgan fingerprint density at radius 1 is 0.906 bits per heavy atom. The first-order valence-corrected chi connectivity index (χ1v) is 9.82. The number of nitro benzene ring substituents is 1. The lowest BCUT2D eigenvalue weighted by Gasteiger charge is -2.16. The van der Waals surface area contributed by atoms with E-state index < -0.39 is 15.9 Å². The van der Waals surface area contributed by atoms with E-state index in [-0.39, 0.29) is 22.5 Å². The summed E-state index contributed by atoms with van der Waals surface area (Å²) < 4.78 is 3.03. The van der Waals surface area contributed by atoms with Crippen LogP contribution in [0.3, 0.4) is 0 Å². The normalized spacial score (nSPS) is 11.2. The van der Waals surface area contributed by atoms with Crippen molar-refractivity contribution in [2.75, 3.05) is 0 Å². The summed E-state index contributed by atoms with van der Waals surface area (Å²) in [4.78, 5) is 42.5. The van der Waals surface area contributed by atoms with E-state index in [0.29, 0.717) is 22.2 Å². The van der Waals surface area contributed by atoms with Crippen LogP contribution in [0.25, 0.3) is 39.0 Å². The monoisotopic (exact) mass is 424 g/mol. The molecule has 8 heteroatoms. The minimum Gasteiger partial charge on any atom is -0.328 e. The molecular weight excluding hydrogens is 408 g/mol. The molecule has 0 saturated heterocycles. The second kappa shape index (κ2) is 7.28. The van der Waals surface area contributed by atoms with E-state index in [9.17, 15) is 19.7 Å². The zero-order valence-electron chi connectivity index (χ0n) is 16.9. The molecule has 0 atom stereocenters. The molecule has 0 radical (unpaired) electrons. The molecule has 0 N–H and O–H groups in total. The molecule has 0 spiro atoms. The average Bonchev–Trinajstić information content (AvgIpc) is 2.82. The highest BCUT2D eigenvalue weighted by Crippen LogP contribution is 2.25. The molecule has 0 amide bonds. The van der Waals surface area contributed by atoms with E-state index in [1.54, 1.807) is 72.3 Å². The summed E-state index contributed by atoms with van der Waals surface area (Å²) >= 11 is 0. The fourth-order valence-electron chi connectivity index (χ4n) is 3.93. The van der Waals surface area contributed by atoms with Gasteiger partial charge in [-0.05, 0) is 24.3 Å². The Labute approximate surface area is 180 Å². The predicted molar refractivity (Wildman–Crippen MR) is 122 cm³/mol. The van der Waals surface area contributed by atoms with Crippen molar-refractivity contribution in [1.29, 1.82) is 0 Å². The van der Waals surface area contributed by atoms with Gasteiger partial charge in [0.15, 0.2) is 5.65 Å². The average molecular weight is 424 g/mol. The van der Waals surface area contributed by atoms with Crippen LogP contribution < -0.4 is 11.0 Å². The van der Waals surface area contributed by atoms with Gasteiger partial charge in [-0.2, -0.15) is 0 Å². The second-order valence-electron chi connectivity index (χ2n) is 7.32. The van der Waals surface area contributed by atoms with E-state index in [2.05, 4.69) is 0 Å². The molecule has 3 aromatic carbocycles. The van der Waals surface area contributed by atoms with Crippen molar-refractivity contribution in [2.24, 2.45) is 7.05 Å². The number of para-hydroxylation sites is 2. The van der Waals surface area contributed by atoms with Crippen LogP contribution in [0.4, 0.5) is 5.69 Å². The molecule has 0 fully saturated rings. The number of aryl methyl sites for hydroxylation is 1. The first kappa shape index (κ1) is 19.4. The summed E-state index contributed by atoms with van der Waals surface area (Å²) in [5.74, 6) is 0.211. The molecule has 5 aromatic rings. The maximum absolute atomic E-state index is 13.7. The quantitative estimate of drug-likeness (QED) is 0.249. The van der Waals surface area contributed by atoms with Crippen molar-refractivity contribution in [1.82, 2.24) is 14.1 Å². The van der Waals surface area contributed by atoms with Crippen LogP contribution in [-0.2, 0) is 7.05 Å². The third kappa shape index (κ3) is 2.89. The highest BCUT2D eigenvalue weighted by Gasteiger charge is 2.21. The van der Waals surface area contributed by atoms with Crippen molar-refractivity contribution in [3.05, 3.63) is 110 Å². The molecule has 8 nitrogen and oxygen atoms in total. The van der Waals surface area contributed by atoms with Crippen LogP contribution in [-0.4, -0.2) is 19.0 Å². The summed E-state index contributed by atoms with van der Waals surface area (Å²) in [5.41, 5.74) is 0.692. The zero-order valence-corrected chi connectivity index (χ0v) is 16.9. The fraction of sp³-hybridized carbons (Fsp3) is 0.0417. The Balaban J connectivity index is 1.99. The summed E-state index contributed by atoms with van der Waals surface area (Å²) in [5, 5.41) is 11.7. The first-order valence-electron chi connectivity index (χ1n) is 9.82. The first-order chi connectivity index (χ1) is 15.5. The Hall–Kier alpha value is -4.59. The molecule has 0 saturated carbocycles. The van der Waals surface area contributed by atoms with Crippen molar-refractivity contribution >= 4 is 27.6 Å². The van der Waals surface area contributed by atoms with E-state index in [1.165, 1.54) is 16.7 Å². The van der Waals surface area contributed by atoms with Gasteiger partial charge < -0.3 is 4.57 Å². The van der Waals surface area contributed by atoms with Gasteiger partial charge in [-0.1, -0.05) is 42.5 Å². The highest BCUT2D eigenvalue weighted by molar-refractivity contribution is 5.92. The minimum absolute atomic E-state index is 0.0377. The molecule has 2 heterocycles. The Kier molecular flexibility index (Phi) is 4.41. The van der Waals surface area contributed by atoms with E-state index in [0.717, 1.165) is 0 Å². The second-order valence-corrected chi connectivity index (χ2v) is 7.32. The fourth-order valence-corrected chi connectivity index (χ4v) is 3.93. The number of nitro groups is 1. The Bertz CT molecular complexity index is 1650. The van der Waals surface area contributed by atoms with Gasteiger partial charge in [-0.15, -0.1) is 0 Å². The SMILES string of the molecule is Cn1c2ccccc2c(=O)c2c(=O)n(-c3ccccc3)c(-c3cccc([N+](=O)[O-])c3)nc21. The number of pyridine rings is 1. The van der Waals surface area contributed by atoms with Gasteiger partial charge in [-0.3, -0.25) is 24.3 Å². The molecule has 0 unspecified atom stereocenters. The maximum Gasteiger partial charge on any atom is 0.271 e.